The third-order valence-electron chi connectivity index (χ3n) is 1.42. The fraction of sp³-hybridized carbons (Fsp3) is 0.833. The Labute approximate surface area is 96.3 Å². The summed E-state index contributed by atoms with van der Waals surface area (Å²) in [5, 5.41) is 43.5. The summed E-state index contributed by atoms with van der Waals surface area (Å²) < 4.78 is 31.6. The molecule has 10 nitrogen and oxygen atoms in total. The maximum atomic E-state index is 9.90. The monoisotopic (exact) mass is 278 g/mol. The van der Waals surface area contributed by atoms with E-state index in [0.717, 1.165) is 0 Å². The molecule has 0 saturated carbocycles. The molecule has 0 aromatic carbocycles. The maximum Gasteiger partial charge on any atom is 0.394 e. The highest BCUT2D eigenvalue weighted by Crippen LogP contribution is 2.02. The Hall–Kier alpha value is -0.660. The van der Waals surface area contributed by atoms with Crippen LogP contribution in [0.5, 0.6) is 0 Å². The van der Waals surface area contributed by atoms with Gasteiger partial charge < -0.3 is 30.3 Å². The van der Waals surface area contributed by atoms with Crippen molar-refractivity contribution >= 4 is 16.7 Å². The lowest BCUT2D eigenvalue weighted by Crippen LogP contribution is -2.46. The van der Waals surface area contributed by atoms with Crippen molar-refractivity contribution in [2.45, 2.75) is 24.4 Å². The molecule has 0 aromatic heterocycles. The lowest BCUT2D eigenvalue weighted by atomic mass is 10.0. The van der Waals surface area contributed by atoms with Gasteiger partial charge in [0.1, 0.15) is 24.4 Å². The van der Waals surface area contributed by atoms with Gasteiger partial charge in [-0.3, -0.25) is 9.11 Å². The zero-order chi connectivity index (χ0) is 14.2. The van der Waals surface area contributed by atoms with E-state index in [9.17, 15) is 4.79 Å². The van der Waals surface area contributed by atoms with E-state index >= 15 is 0 Å². The molecule has 0 unspecified atom stereocenters. The largest absolute Gasteiger partial charge is 0.394 e. The highest BCUT2D eigenvalue weighted by atomic mass is 32.3. The number of aldehydes is 1. The summed E-state index contributed by atoms with van der Waals surface area (Å²) in [5.74, 6) is 0. The number of aliphatic hydroxyl groups excluding tert-OH is 5. The molecule has 0 aliphatic rings. The number of carbonyl (C=O) groups is 1. The fourth-order valence-electron chi connectivity index (χ4n) is 0.618. The Morgan fingerprint density at radius 2 is 1.35 bits per heavy atom. The summed E-state index contributed by atoms with van der Waals surface area (Å²) in [4.78, 5) is 9.90. The Kier molecular flexibility index (Phi) is 9.28. The first kappa shape index (κ1) is 18.7. The first-order valence-corrected chi connectivity index (χ1v) is 5.42. The van der Waals surface area contributed by atoms with Gasteiger partial charge in [-0.2, -0.15) is 8.42 Å². The van der Waals surface area contributed by atoms with Gasteiger partial charge in [0.05, 0.1) is 6.61 Å². The molecule has 0 saturated heterocycles. The van der Waals surface area contributed by atoms with E-state index in [2.05, 4.69) is 0 Å². The van der Waals surface area contributed by atoms with Crippen LogP contribution in [-0.2, 0) is 15.2 Å². The van der Waals surface area contributed by atoms with Crippen molar-refractivity contribution in [2.75, 3.05) is 6.61 Å². The Morgan fingerprint density at radius 1 is 1.00 bits per heavy atom. The molecule has 7 N–H and O–H groups in total. The molecule has 0 spiro atoms. The smallest absolute Gasteiger partial charge is 0.394 e. The summed E-state index contributed by atoms with van der Waals surface area (Å²) >= 11 is 0. The average Bonchev–Trinajstić information content (AvgIpc) is 2.22. The van der Waals surface area contributed by atoms with Crippen LogP contribution in [0.15, 0.2) is 0 Å². The number of hydrogen-bond acceptors (Lipinski definition) is 8. The predicted molar refractivity (Wildman–Crippen MR) is 51.4 cm³/mol. The zero-order valence-corrected chi connectivity index (χ0v) is 9.17. The minimum absolute atomic E-state index is 0.0258. The predicted octanol–water partition coefficient (Wildman–Crippen LogP) is -4.03. The van der Waals surface area contributed by atoms with E-state index in [1.165, 1.54) is 0 Å². The zero-order valence-electron chi connectivity index (χ0n) is 8.36. The lowest BCUT2D eigenvalue weighted by Gasteiger charge is -2.22. The Balaban J connectivity index is 0. The normalized spacial score (nSPS) is 18.3. The van der Waals surface area contributed by atoms with Crippen LogP contribution < -0.4 is 0 Å². The van der Waals surface area contributed by atoms with E-state index in [-0.39, 0.29) is 6.29 Å². The average molecular weight is 278 g/mol. The molecule has 0 fully saturated rings. The molecule has 104 valence electrons. The molecular formula is C6H14O10S. The first-order chi connectivity index (χ1) is 7.54. The second-order valence-electron chi connectivity index (χ2n) is 2.81. The molecule has 4 atom stereocenters. The van der Waals surface area contributed by atoms with Crippen LogP contribution in [0.3, 0.4) is 0 Å². The van der Waals surface area contributed by atoms with Crippen LogP contribution >= 0.6 is 0 Å². The second-order valence-corrected chi connectivity index (χ2v) is 3.70. The third kappa shape index (κ3) is 11.6. The molecule has 11 heteroatoms. The van der Waals surface area contributed by atoms with E-state index in [1.54, 1.807) is 0 Å². The molecule has 0 radical (unpaired) electrons. The van der Waals surface area contributed by atoms with Crippen molar-refractivity contribution in [3.05, 3.63) is 0 Å². The summed E-state index contributed by atoms with van der Waals surface area (Å²) in [6.45, 7) is -0.760. The molecular weight excluding hydrogens is 264 g/mol. The second kappa shape index (κ2) is 8.43. The number of rotatable bonds is 5. The van der Waals surface area contributed by atoms with E-state index in [1.807, 2.05) is 0 Å². The van der Waals surface area contributed by atoms with Gasteiger partial charge in [-0.15, -0.1) is 0 Å². The highest BCUT2D eigenvalue weighted by Gasteiger charge is 2.29. The summed E-state index contributed by atoms with van der Waals surface area (Å²) in [7, 11) is -4.67. The summed E-state index contributed by atoms with van der Waals surface area (Å²) in [5.41, 5.74) is 0. The summed E-state index contributed by atoms with van der Waals surface area (Å²) in [6, 6.07) is 0. The first-order valence-electron chi connectivity index (χ1n) is 4.02. The molecule has 0 rings (SSSR count). The van der Waals surface area contributed by atoms with Gasteiger partial charge in [-0.1, -0.05) is 0 Å². The topological polar surface area (TPSA) is 193 Å². The van der Waals surface area contributed by atoms with Crippen LogP contribution in [0, 0.1) is 0 Å². The van der Waals surface area contributed by atoms with Crippen LogP contribution in [-0.4, -0.2) is 80.4 Å². The van der Waals surface area contributed by atoms with Crippen molar-refractivity contribution in [3.8, 4) is 0 Å². The van der Waals surface area contributed by atoms with Crippen LogP contribution in [0.25, 0.3) is 0 Å². The van der Waals surface area contributed by atoms with Crippen molar-refractivity contribution in [1.29, 1.82) is 0 Å². The fourth-order valence-corrected chi connectivity index (χ4v) is 0.618. The quantitative estimate of drug-likeness (QED) is 0.192. The molecule has 17 heavy (non-hydrogen) atoms. The highest BCUT2D eigenvalue weighted by molar-refractivity contribution is 7.79. The minimum Gasteiger partial charge on any atom is -0.394 e. The van der Waals surface area contributed by atoms with E-state index < -0.39 is 41.4 Å². The molecule has 0 aliphatic heterocycles. The van der Waals surface area contributed by atoms with Gasteiger partial charge in [0.25, 0.3) is 0 Å². The Bertz CT molecular complexity index is 292. The van der Waals surface area contributed by atoms with Crippen LogP contribution in [0.2, 0.25) is 0 Å². The number of aliphatic hydroxyl groups is 5. The number of carbonyl (C=O) groups excluding carboxylic acids is 1. The number of hydrogen-bond donors (Lipinski definition) is 7. The standard InChI is InChI=1S/C6H12O6.H2O4S/c7-1-3(9)5(11)6(12)4(10)2-8;1-5(2,3)4/h1,3-6,8-12H,2H2;(H2,1,2,3,4)/t3-,4-,5-,6+;/m1./s1. The van der Waals surface area contributed by atoms with E-state index in [0.29, 0.717) is 0 Å². The van der Waals surface area contributed by atoms with Crippen molar-refractivity contribution in [2.24, 2.45) is 0 Å². The molecule has 0 bridgehead atoms. The molecule has 0 amide bonds. The van der Waals surface area contributed by atoms with Crippen molar-refractivity contribution in [1.82, 2.24) is 0 Å². The Morgan fingerprint density at radius 3 is 1.59 bits per heavy atom. The van der Waals surface area contributed by atoms with Gasteiger partial charge in [-0.05, 0) is 0 Å². The summed E-state index contributed by atoms with van der Waals surface area (Å²) in [6.07, 6.45) is -6.84. The van der Waals surface area contributed by atoms with Gasteiger partial charge in [0.2, 0.25) is 0 Å². The van der Waals surface area contributed by atoms with Crippen molar-refractivity contribution in [3.63, 3.8) is 0 Å². The molecule has 0 heterocycles. The lowest BCUT2D eigenvalue weighted by molar-refractivity contribution is -0.136. The van der Waals surface area contributed by atoms with Gasteiger partial charge in [0, 0.05) is 0 Å². The third-order valence-corrected chi connectivity index (χ3v) is 1.42. The SMILES string of the molecule is O=C[C@@H](O)[C@@H](O)[C@@H](O)[C@H](O)CO.O=S(=O)(O)O. The maximum absolute atomic E-state index is 9.90. The van der Waals surface area contributed by atoms with Crippen molar-refractivity contribution < 1.29 is 47.9 Å². The van der Waals surface area contributed by atoms with E-state index in [4.69, 9.17) is 43.1 Å². The molecule has 0 aromatic rings. The van der Waals surface area contributed by atoms with Gasteiger partial charge >= 0.3 is 10.4 Å². The van der Waals surface area contributed by atoms with Crippen LogP contribution in [0.4, 0.5) is 0 Å². The van der Waals surface area contributed by atoms with Gasteiger partial charge in [0.15, 0.2) is 6.29 Å². The molecule has 0 aliphatic carbocycles. The minimum atomic E-state index is -4.67. The van der Waals surface area contributed by atoms with Gasteiger partial charge in [-0.25, -0.2) is 0 Å². The van der Waals surface area contributed by atoms with Crippen LogP contribution in [0.1, 0.15) is 0 Å².